The molecule has 0 atom stereocenters. The van der Waals surface area contributed by atoms with Crippen molar-refractivity contribution >= 4 is 17.7 Å². The molecule has 0 spiro atoms. The second kappa shape index (κ2) is 9.55. The molecule has 1 fully saturated rings. The summed E-state index contributed by atoms with van der Waals surface area (Å²) >= 11 is 0. The maximum Gasteiger partial charge on any atom is 0.306 e. The zero-order chi connectivity index (χ0) is 22.5. The molecule has 3 rings (SSSR count). The van der Waals surface area contributed by atoms with Crippen LogP contribution in [0.5, 0.6) is 5.88 Å². The first kappa shape index (κ1) is 22.2. The van der Waals surface area contributed by atoms with Crippen molar-refractivity contribution in [2.45, 2.75) is 38.6 Å². The van der Waals surface area contributed by atoms with Crippen LogP contribution in [0, 0.1) is 11.3 Å². The number of carbonyl (C=O) groups excluding carboxylic acids is 1. The smallest absolute Gasteiger partial charge is 0.306 e. The molecule has 1 amide bonds. The molecule has 1 heterocycles. The summed E-state index contributed by atoms with van der Waals surface area (Å²) in [4.78, 5) is 34.7. The van der Waals surface area contributed by atoms with E-state index < -0.39 is 5.97 Å². The summed E-state index contributed by atoms with van der Waals surface area (Å²) in [5, 5.41) is 16.7. The van der Waals surface area contributed by atoms with E-state index >= 15 is 0 Å². The van der Waals surface area contributed by atoms with Crippen molar-refractivity contribution in [3.63, 3.8) is 0 Å². The maximum atomic E-state index is 13.1. The minimum atomic E-state index is -0.772. The van der Waals surface area contributed by atoms with Crippen LogP contribution in [0.15, 0.2) is 30.5 Å². The van der Waals surface area contributed by atoms with E-state index in [-0.39, 0.29) is 35.1 Å². The van der Waals surface area contributed by atoms with Gasteiger partial charge in [-0.1, -0.05) is 24.3 Å². The number of aliphatic carboxylic acids is 1. The second-order valence-electron chi connectivity index (χ2n) is 7.60. The lowest BCUT2D eigenvalue weighted by Crippen LogP contribution is -2.40. The normalized spacial score (nSPS) is 18.3. The van der Waals surface area contributed by atoms with Gasteiger partial charge in [0.1, 0.15) is 11.4 Å². The number of benzene rings is 1. The van der Waals surface area contributed by atoms with E-state index in [2.05, 4.69) is 9.97 Å². The number of carboxylic acid groups (broad SMARTS) is 1. The molecule has 4 N–H and O–H groups in total. The lowest BCUT2D eigenvalue weighted by molar-refractivity contribution is -0.143. The van der Waals surface area contributed by atoms with Crippen molar-refractivity contribution in [2.75, 3.05) is 13.7 Å². The number of carboxylic acids is 1. The zero-order valence-electron chi connectivity index (χ0n) is 17.7. The van der Waals surface area contributed by atoms with Crippen LogP contribution in [0.2, 0.25) is 0 Å². The number of nitrogens with one attached hydrogen (secondary N) is 1. The van der Waals surface area contributed by atoms with Gasteiger partial charge in [-0.05, 0) is 32.6 Å². The number of nitrogens with zero attached hydrogens (tertiary/aromatic N) is 3. The number of nitrogen functional groups attached to an aromatic ring is 1. The Kier molecular flexibility index (Phi) is 6.84. The minimum Gasteiger partial charge on any atom is -0.481 e. The molecule has 2 aromatic rings. The van der Waals surface area contributed by atoms with Gasteiger partial charge < -0.3 is 20.5 Å². The number of carbonyl (C=O) groups is 2. The van der Waals surface area contributed by atoms with Gasteiger partial charge in [-0.3, -0.25) is 15.0 Å². The van der Waals surface area contributed by atoms with Crippen molar-refractivity contribution in [2.24, 2.45) is 11.7 Å². The summed E-state index contributed by atoms with van der Waals surface area (Å²) < 4.78 is 5.64. The van der Waals surface area contributed by atoms with Gasteiger partial charge in [-0.15, -0.1) is 0 Å². The van der Waals surface area contributed by atoms with Gasteiger partial charge in [0.2, 0.25) is 5.88 Å². The van der Waals surface area contributed by atoms with Crippen LogP contribution in [-0.4, -0.2) is 57.4 Å². The van der Waals surface area contributed by atoms with Crippen molar-refractivity contribution in [1.82, 2.24) is 14.9 Å². The van der Waals surface area contributed by atoms with Gasteiger partial charge in [-0.25, -0.2) is 4.98 Å². The molecule has 1 saturated carbocycles. The molecule has 164 valence electrons. The molecule has 1 aliphatic carbocycles. The first-order valence-corrected chi connectivity index (χ1v) is 10.3. The van der Waals surface area contributed by atoms with Crippen LogP contribution >= 0.6 is 0 Å². The highest BCUT2D eigenvalue weighted by atomic mass is 16.5. The van der Waals surface area contributed by atoms with Gasteiger partial charge >= 0.3 is 5.97 Å². The summed E-state index contributed by atoms with van der Waals surface area (Å²) in [6, 6.07) is 6.91. The molecular weight excluding hydrogens is 398 g/mol. The molecular formula is C22H27N5O4. The number of amides is 1. The van der Waals surface area contributed by atoms with E-state index in [1.54, 1.807) is 36.2 Å². The summed E-state index contributed by atoms with van der Waals surface area (Å²) in [7, 11) is 1.72. The quantitative estimate of drug-likeness (QED) is 0.457. The highest BCUT2D eigenvalue weighted by molar-refractivity contribution is 5.96. The lowest BCUT2D eigenvalue weighted by Gasteiger charge is -2.33. The van der Waals surface area contributed by atoms with E-state index in [9.17, 15) is 14.7 Å². The van der Waals surface area contributed by atoms with Gasteiger partial charge in [-0.2, -0.15) is 4.98 Å². The molecule has 31 heavy (non-hydrogen) atoms. The Morgan fingerprint density at radius 2 is 1.87 bits per heavy atom. The number of rotatable bonds is 7. The number of nitrogens with two attached hydrogens (primary N) is 1. The highest BCUT2D eigenvalue weighted by Gasteiger charge is 2.31. The first-order valence-electron chi connectivity index (χ1n) is 10.3. The Bertz CT molecular complexity index is 968. The van der Waals surface area contributed by atoms with E-state index in [4.69, 9.17) is 15.9 Å². The van der Waals surface area contributed by atoms with E-state index in [0.717, 1.165) is 0 Å². The van der Waals surface area contributed by atoms with Crippen molar-refractivity contribution < 1.29 is 19.4 Å². The second-order valence-corrected chi connectivity index (χ2v) is 7.60. The fraction of sp³-hybridized carbons (Fsp3) is 0.409. The average Bonchev–Trinajstić information content (AvgIpc) is 2.78. The number of aromatic nitrogens is 2. The summed E-state index contributed by atoms with van der Waals surface area (Å²) in [5.41, 5.74) is 7.07. The van der Waals surface area contributed by atoms with Crippen LogP contribution in [-0.2, 0) is 4.79 Å². The lowest BCUT2D eigenvalue weighted by atomic mass is 9.85. The largest absolute Gasteiger partial charge is 0.481 e. The minimum absolute atomic E-state index is 0.0242. The number of hydrogen-bond donors (Lipinski definition) is 3. The summed E-state index contributed by atoms with van der Waals surface area (Å²) in [6.45, 7) is 2.15. The van der Waals surface area contributed by atoms with Crippen LogP contribution in [0.4, 0.5) is 0 Å². The SMILES string of the molecule is CCOc1nc(-c2ccc(C(=N)N)cc2)ncc1C(=O)N(C)C1CCC(C(=O)O)CC1. The third-order valence-corrected chi connectivity index (χ3v) is 5.63. The van der Waals surface area contributed by atoms with Gasteiger partial charge in [0, 0.05) is 30.4 Å². The molecule has 1 aromatic carbocycles. The van der Waals surface area contributed by atoms with E-state index in [1.165, 1.54) is 6.20 Å². The average molecular weight is 425 g/mol. The molecule has 0 radical (unpaired) electrons. The number of ether oxygens (including phenoxy) is 1. The van der Waals surface area contributed by atoms with Crippen molar-refractivity contribution in [3.05, 3.63) is 41.6 Å². The Hall–Kier alpha value is -3.49. The molecule has 0 saturated heterocycles. The van der Waals surface area contributed by atoms with E-state index in [0.29, 0.717) is 49.2 Å². The predicted octanol–water partition coefficient (Wildman–Crippen LogP) is 2.54. The first-order chi connectivity index (χ1) is 14.8. The van der Waals surface area contributed by atoms with Crippen LogP contribution < -0.4 is 10.5 Å². The Balaban J connectivity index is 1.81. The van der Waals surface area contributed by atoms with Gasteiger partial charge in [0.05, 0.1) is 12.5 Å². The number of hydrogen-bond acceptors (Lipinski definition) is 6. The molecule has 0 aliphatic heterocycles. The molecule has 9 nitrogen and oxygen atoms in total. The summed E-state index contributed by atoms with van der Waals surface area (Å²) in [6.07, 6.45) is 3.87. The predicted molar refractivity (Wildman–Crippen MR) is 115 cm³/mol. The molecule has 0 unspecified atom stereocenters. The fourth-order valence-corrected chi connectivity index (χ4v) is 3.76. The maximum absolute atomic E-state index is 13.1. The zero-order valence-corrected chi connectivity index (χ0v) is 17.7. The molecule has 9 heteroatoms. The topological polar surface area (TPSA) is 142 Å². The molecule has 1 aromatic heterocycles. The van der Waals surface area contributed by atoms with Crippen LogP contribution in [0.25, 0.3) is 11.4 Å². The standard InChI is InChI=1S/C22H27N5O4/c1-3-31-20-17(21(28)27(2)16-10-8-15(9-11-16)22(29)30)12-25-19(26-20)14-6-4-13(5-7-14)18(23)24/h4-7,12,15-16H,3,8-11H2,1-2H3,(H3,23,24)(H,29,30). The highest BCUT2D eigenvalue weighted by Crippen LogP contribution is 2.29. The number of amidine groups is 1. The van der Waals surface area contributed by atoms with Crippen LogP contribution in [0.1, 0.15) is 48.5 Å². The molecule has 0 bridgehead atoms. The Labute approximate surface area is 180 Å². The third-order valence-electron chi connectivity index (χ3n) is 5.63. The van der Waals surface area contributed by atoms with Gasteiger partial charge in [0.15, 0.2) is 5.82 Å². The van der Waals surface area contributed by atoms with Crippen molar-refractivity contribution in [3.8, 4) is 17.3 Å². The third kappa shape index (κ3) is 4.99. The Morgan fingerprint density at radius 1 is 1.23 bits per heavy atom. The Morgan fingerprint density at radius 3 is 2.42 bits per heavy atom. The van der Waals surface area contributed by atoms with Crippen molar-refractivity contribution in [1.29, 1.82) is 5.41 Å². The molecule has 1 aliphatic rings. The summed E-state index contributed by atoms with van der Waals surface area (Å²) in [5.74, 6) is -0.773. The van der Waals surface area contributed by atoms with Gasteiger partial charge in [0.25, 0.3) is 5.91 Å². The van der Waals surface area contributed by atoms with Crippen LogP contribution in [0.3, 0.4) is 0 Å². The monoisotopic (exact) mass is 425 g/mol. The fourth-order valence-electron chi connectivity index (χ4n) is 3.76. The van der Waals surface area contributed by atoms with E-state index in [1.807, 2.05) is 6.92 Å².